The van der Waals surface area contributed by atoms with Crippen LogP contribution in [0.4, 0.5) is 0 Å². The third-order valence-electron chi connectivity index (χ3n) is 3.50. The minimum Gasteiger partial charge on any atom is -0.355 e. The van der Waals surface area contributed by atoms with Gasteiger partial charge in [-0.05, 0) is 31.7 Å². The first-order valence-corrected chi connectivity index (χ1v) is 7.30. The maximum Gasteiger partial charge on any atom is 0.220 e. The van der Waals surface area contributed by atoms with Crippen molar-refractivity contribution < 1.29 is 4.79 Å². The molecule has 0 aromatic carbocycles. The molecule has 0 aromatic rings. The average Bonchev–Trinajstić information content (AvgIpc) is 2.57. The second kappa shape index (κ2) is 9.46. The molecule has 17 heavy (non-hydrogen) atoms. The van der Waals surface area contributed by atoms with Gasteiger partial charge in [0.05, 0.1) is 0 Å². The van der Waals surface area contributed by atoms with Crippen molar-refractivity contribution in [3.63, 3.8) is 0 Å². The van der Waals surface area contributed by atoms with Crippen LogP contribution in [0.25, 0.3) is 0 Å². The van der Waals surface area contributed by atoms with E-state index < -0.39 is 0 Å². The zero-order valence-electron chi connectivity index (χ0n) is 11.3. The SMILES string of the molecule is CCCNCCNC(=O)CC1CCCCCC1. The molecule has 1 saturated carbocycles. The molecule has 0 aromatic heterocycles. The molecular formula is C14H28N2O. The molecule has 1 aliphatic rings. The van der Waals surface area contributed by atoms with Crippen molar-refractivity contribution in [2.75, 3.05) is 19.6 Å². The Morgan fingerprint density at radius 1 is 1.06 bits per heavy atom. The maximum absolute atomic E-state index is 11.7. The van der Waals surface area contributed by atoms with Crippen LogP contribution >= 0.6 is 0 Å². The monoisotopic (exact) mass is 240 g/mol. The van der Waals surface area contributed by atoms with Crippen LogP contribution in [0, 0.1) is 5.92 Å². The standard InChI is InChI=1S/C14H28N2O/c1-2-9-15-10-11-16-14(17)12-13-7-5-3-4-6-8-13/h13,15H,2-12H2,1H3,(H,16,17). The Kier molecular flexibility index (Phi) is 8.06. The molecule has 0 bridgehead atoms. The summed E-state index contributed by atoms with van der Waals surface area (Å²) in [6, 6.07) is 0. The van der Waals surface area contributed by atoms with Gasteiger partial charge in [-0.1, -0.05) is 32.6 Å². The molecule has 3 nitrogen and oxygen atoms in total. The Morgan fingerprint density at radius 3 is 2.41 bits per heavy atom. The number of nitrogens with one attached hydrogen (secondary N) is 2. The van der Waals surface area contributed by atoms with E-state index in [-0.39, 0.29) is 5.91 Å². The second-order valence-corrected chi connectivity index (χ2v) is 5.16. The first-order valence-electron chi connectivity index (χ1n) is 7.30. The van der Waals surface area contributed by atoms with Crippen LogP contribution in [-0.2, 0) is 4.79 Å². The fourth-order valence-corrected chi connectivity index (χ4v) is 2.49. The van der Waals surface area contributed by atoms with Gasteiger partial charge in [0.2, 0.25) is 5.91 Å². The van der Waals surface area contributed by atoms with Crippen LogP contribution in [0.15, 0.2) is 0 Å². The number of carbonyl (C=O) groups is 1. The summed E-state index contributed by atoms with van der Waals surface area (Å²) in [6.07, 6.45) is 9.75. The van der Waals surface area contributed by atoms with E-state index in [2.05, 4.69) is 17.6 Å². The number of carbonyl (C=O) groups excluding carboxylic acids is 1. The predicted molar refractivity (Wildman–Crippen MR) is 72.0 cm³/mol. The smallest absolute Gasteiger partial charge is 0.220 e. The molecule has 3 heteroatoms. The molecule has 1 amide bonds. The summed E-state index contributed by atoms with van der Waals surface area (Å²) in [7, 11) is 0. The van der Waals surface area contributed by atoms with E-state index >= 15 is 0 Å². The maximum atomic E-state index is 11.7. The molecule has 1 fully saturated rings. The lowest BCUT2D eigenvalue weighted by Crippen LogP contribution is -2.33. The molecule has 100 valence electrons. The van der Waals surface area contributed by atoms with E-state index in [0.29, 0.717) is 5.92 Å². The Bertz CT molecular complexity index is 198. The Labute approximate surface area is 106 Å². The summed E-state index contributed by atoms with van der Waals surface area (Å²) in [5, 5.41) is 6.30. The van der Waals surface area contributed by atoms with E-state index in [0.717, 1.165) is 32.5 Å². The van der Waals surface area contributed by atoms with Gasteiger partial charge < -0.3 is 10.6 Å². The Morgan fingerprint density at radius 2 is 1.76 bits per heavy atom. The molecule has 1 rings (SSSR count). The van der Waals surface area contributed by atoms with Gasteiger partial charge in [-0.15, -0.1) is 0 Å². The minimum atomic E-state index is 0.246. The van der Waals surface area contributed by atoms with Gasteiger partial charge in [-0.25, -0.2) is 0 Å². The molecule has 2 N–H and O–H groups in total. The molecule has 0 aliphatic heterocycles. The van der Waals surface area contributed by atoms with Crippen LogP contribution in [-0.4, -0.2) is 25.5 Å². The Balaban J connectivity index is 2.03. The normalized spacial score (nSPS) is 17.7. The highest BCUT2D eigenvalue weighted by Crippen LogP contribution is 2.25. The fraction of sp³-hybridized carbons (Fsp3) is 0.929. The number of amides is 1. The van der Waals surface area contributed by atoms with Crippen molar-refractivity contribution >= 4 is 5.91 Å². The van der Waals surface area contributed by atoms with Gasteiger partial charge in [-0.3, -0.25) is 4.79 Å². The van der Waals surface area contributed by atoms with Crippen LogP contribution in [0.5, 0.6) is 0 Å². The van der Waals surface area contributed by atoms with Crippen LogP contribution in [0.3, 0.4) is 0 Å². The van der Waals surface area contributed by atoms with Crippen molar-refractivity contribution in [1.29, 1.82) is 0 Å². The molecule has 0 unspecified atom stereocenters. The van der Waals surface area contributed by atoms with Gasteiger partial charge in [0.1, 0.15) is 0 Å². The first-order chi connectivity index (χ1) is 8.33. The lowest BCUT2D eigenvalue weighted by atomic mass is 9.96. The van der Waals surface area contributed by atoms with Gasteiger partial charge >= 0.3 is 0 Å². The third-order valence-corrected chi connectivity index (χ3v) is 3.50. The van der Waals surface area contributed by atoms with Crippen LogP contribution < -0.4 is 10.6 Å². The third kappa shape index (κ3) is 7.37. The van der Waals surface area contributed by atoms with Crippen molar-refractivity contribution in [3.8, 4) is 0 Å². The van der Waals surface area contributed by atoms with E-state index in [1.165, 1.54) is 38.5 Å². The fourth-order valence-electron chi connectivity index (χ4n) is 2.49. The van der Waals surface area contributed by atoms with Crippen LogP contribution in [0.2, 0.25) is 0 Å². The summed E-state index contributed by atoms with van der Waals surface area (Å²) in [5.41, 5.74) is 0. The first kappa shape index (κ1) is 14.5. The zero-order valence-corrected chi connectivity index (χ0v) is 11.3. The molecule has 0 atom stereocenters. The van der Waals surface area contributed by atoms with Gasteiger partial charge in [-0.2, -0.15) is 0 Å². The molecule has 0 spiro atoms. The Hall–Kier alpha value is -0.570. The molecule has 0 saturated heterocycles. The van der Waals surface area contributed by atoms with Gasteiger partial charge in [0.15, 0.2) is 0 Å². The molecular weight excluding hydrogens is 212 g/mol. The number of rotatable bonds is 7. The van der Waals surface area contributed by atoms with E-state index in [1.807, 2.05) is 0 Å². The number of hydrogen-bond acceptors (Lipinski definition) is 2. The van der Waals surface area contributed by atoms with Crippen molar-refractivity contribution in [2.45, 2.75) is 58.3 Å². The highest BCUT2D eigenvalue weighted by Gasteiger charge is 2.15. The largest absolute Gasteiger partial charge is 0.355 e. The summed E-state index contributed by atoms with van der Waals surface area (Å²) >= 11 is 0. The lowest BCUT2D eigenvalue weighted by Gasteiger charge is -2.13. The van der Waals surface area contributed by atoms with Crippen molar-refractivity contribution in [1.82, 2.24) is 10.6 Å². The average molecular weight is 240 g/mol. The topological polar surface area (TPSA) is 41.1 Å². The highest BCUT2D eigenvalue weighted by atomic mass is 16.1. The zero-order chi connectivity index (χ0) is 12.3. The minimum absolute atomic E-state index is 0.246. The number of hydrogen-bond donors (Lipinski definition) is 2. The highest BCUT2D eigenvalue weighted by molar-refractivity contribution is 5.76. The van der Waals surface area contributed by atoms with Crippen LogP contribution in [0.1, 0.15) is 58.3 Å². The van der Waals surface area contributed by atoms with E-state index in [9.17, 15) is 4.79 Å². The molecule has 0 heterocycles. The van der Waals surface area contributed by atoms with Crippen molar-refractivity contribution in [2.24, 2.45) is 5.92 Å². The molecule has 0 radical (unpaired) electrons. The summed E-state index contributed by atoms with van der Waals surface area (Å²) in [4.78, 5) is 11.7. The second-order valence-electron chi connectivity index (χ2n) is 5.16. The quantitative estimate of drug-likeness (QED) is 0.530. The van der Waals surface area contributed by atoms with Gasteiger partial charge in [0, 0.05) is 19.5 Å². The summed E-state index contributed by atoms with van der Waals surface area (Å²) in [6.45, 7) is 4.85. The molecule has 1 aliphatic carbocycles. The summed E-state index contributed by atoms with van der Waals surface area (Å²) in [5.74, 6) is 0.885. The van der Waals surface area contributed by atoms with E-state index in [4.69, 9.17) is 0 Å². The summed E-state index contributed by atoms with van der Waals surface area (Å²) < 4.78 is 0. The predicted octanol–water partition coefficient (Wildman–Crippen LogP) is 2.46. The lowest BCUT2D eigenvalue weighted by molar-refractivity contribution is -0.122. The van der Waals surface area contributed by atoms with E-state index in [1.54, 1.807) is 0 Å². The van der Waals surface area contributed by atoms with Gasteiger partial charge in [0.25, 0.3) is 0 Å². The van der Waals surface area contributed by atoms with Crippen molar-refractivity contribution in [3.05, 3.63) is 0 Å².